The number of fused-ring (bicyclic) bond motifs is 1. The number of aromatic nitrogens is 1. The zero-order valence-electron chi connectivity index (χ0n) is 17.3. The zero-order valence-corrected chi connectivity index (χ0v) is 18.2. The van der Waals surface area contributed by atoms with Gasteiger partial charge in [0.1, 0.15) is 5.82 Å². The van der Waals surface area contributed by atoms with Crippen LogP contribution in [0, 0.1) is 5.82 Å². The van der Waals surface area contributed by atoms with Crippen LogP contribution in [0.4, 0.5) is 4.39 Å². The van der Waals surface area contributed by atoms with Crippen LogP contribution in [0.2, 0.25) is 0 Å². The van der Waals surface area contributed by atoms with Crippen molar-refractivity contribution in [3.63, 3.8) is 0 Å². The van der Waals surface area contributed by atoms with Crippen molar-refractivity contribution in [2.45, 2.75) is 31.7 Å². The monoisotopic (exact) mass is 432 g/mol. The van der Waals surface area contributed by atoms with Gasteiger partial charge in [0.25, 0.3) is 0 Å². The molecular weight excluding hydrogens is 407 g/mol. The molecule has 5 rings (SSSR count). The average molecular weight is 433 g/mol. The Labute approximate surface area is 185 Å². The first kappa shape index (κ1) is 20.0. The van der Waals surface area contributed by atoms with E-state index in [1.807, 2.05) is 23.1 Å². The maximum Gasteiger partial charge on any atom is 0.223 e. The Kier molecular flexibility index (Phi) is 5.60. The third-order valence-corrected chi connectivity index (χ3v) is 7.17. The summed E-state index contributed by atoms with van der Waals surface area (Å²) in [5, 5.41) is 3.26. The first-order valence-electron chi connectivity index (χ1n) is 10.8. The fourth-order valence-corrected chi connectivity index (χ4v) is 5.44. The molecule has 0 unspecified atom stereocenters. The number of carbonyl (C=O) groups is 1. The molecule has 158 valence electrons. The first-order chi connectivity index (χ1) is 15.2. The smallest absolute Gasteiger partial charge is 0.223 e. The normalized spacial score (nSPS) is 14.9. The minimum absolute atomic E-state index is 0.0347. The summed E-state index contributed by atoms with van der Waals surface area (Å²) in [6.07, 6.45) is 4.89. The number of nitrogens with zero attached hydrogens (tertiary/aromatic N) is 2. The molecule has 0 spiro atoms. The molecule has 4 aromatic rings. The molecule has 5 heteroatoms. The molecule has 1 aliphatic rings. The number of hydrogen-bond donors (Lipinski definition) is 0. The van der Waals surface area contributed by atoms with Gasteiger partial charge < -0.3 is 9.47 Å². The average Bonchev–Trinajstić information content (AvgIpc) is 3.56. The lowest BCUT2D eigenvalue weighted by atomic mass is 9.93. The molecule has 1 fully saturated rings. The lowest BCUT2D eigenvalue weighted by Crippen LogP contribution is -2.29. The molecule has 1 saturated heterocycles. The molecule has 3 heterocycles. The molecule has 1 atom stereocenters. The highest BCUT2D eigenvalue weighted by molar-refractivity contribution is 7.10. The van der Waals surface area contributed by atoms with Crippen LogP contribution in [0.3, 0.4) is 0 Å². The van der Waals surface area contributed by atoms with Gasteiger partial charge in [0, 0.05) is 53.9 Å². The van der Waals surface area contributed by atoms with Crippen LogP contribution in [0.1, 0.15) is 41.2 Å². The van der Waals surface area contributed by atoms with E-state index in [9.17, 15) is 9.18 Å². The summed E-state index contributed by atoms with van der Waals surface area (Å²) in [6.45, 7) is 2.42. The van der Waals surface area contributed by atoms with E-state index in [1.54, 1.807) is 11.3 Å². The molecule has 0 N–H and O–H groups in total. The van der Waals surface area contributed by atoms with Crippen molar-refractivity contribution < 1.29 is 9.18 Å². The van der Waals surface area contributed by atoms with E-state index in [4.69, 9.17) is 0 Å². The fraction of sp³-hybridized carbons (Fsp3) is 0.269. The van der Waals surface area contributed by atoms with E-state index in [2.05, 4.69) is 46.5 Å². The van der Waals surface area contributed by atoms with Crippen LogP contribution in [0.15, 0.2) is 72.2 Å². The number of rotatable bonds is 6. The summed E-state index contributed by atoms with van der Waals surface area (Å²) >= 11 is 1.71. The number of thiophene rings is 1. The van der Waals surface area contributed by atoms with E-state index in [0.717, 1.165) is 37.0 Å². The van der Waals surface area contributed by atoms with Gasteiger partial charge >= 0.3 is 0 Å². The Morgan fingerprint density at radius 3 is 2.52 bits per heavy atom. The minimum atomic E-state index is -0.222. The lowest BCUT2D eigenvalue weighted by Gasteiger charge is -2.20. The predicted octanol–water partition coefficient (Wildman–Crippen LogP) is 6.03. The number of carbonyl (C=O) groups excluding carboxylic acids is 1. The zero-order chi connectivity index (χ0) is 21.2. The summed E-state index contributed by atoms with van der Waals surface area (Å²) in [4.78, 5) is 16.3. The first-order valence-corrected chi connectivity index (χ1v) is 11.7. The van der Waals surface area contributed by atoms with E-state index in [0.29, 0.717) is 13.0 Å². The Bertz CT molecular complexity index is 1170. The Morgan fingerprint density at radius 2 is 1.77 bits per heavy atom. The maximum absolute atomic E-state index is 13.4. The van der Waals surface area contributed by atoms with Gasteiger partial charge in [-0.15, -0.1) is 11.3 Å². The quantitative estimate of drug-likeness (QED) is 0.365. The van der Waals surface area contributed by atoms with Gasteiger partial charge in [0.15, 0.2) is 0 Å². The van der Waals surface area contributed by atoms with Crippen molar-refractivity contribution in [2.75, 3.05) is 13.1 Å². The molecule has 1 amide bonds. The van der Waals surface area contributed by atoms with Crippen molar-refractivity contribution in [1.29, 1.82) is 0 Å². The van der Waals surface area contributed by atoms with Crippen LogP contribution < -0.4 is 0 Å². The molecule has 3 nitrogen and oxygen atoms in total. The second kappa shape index (κ2) is 8.67. The second-order valence-corrected chi connectivity index (χ2v) is 9.20. The number of benzene rings is 2. The van der Waals surface area contributed by atoms with Crippen LogP contribution >= 0.6 is 11.3 Å². The summed E-state index contributed by atoms with van der Waals surface area (Å²) in [5.74, 6) is 0.0544. The topological polar surface area (TPSA) is 25.2 Å². The fourth-order valence-electron chi connectivity index (χ4n) is 4.59. The largest absolute Gasteiger partial charge is 0.343 e. The van der Waals surface area contributed by atoms with Gasteiger partial charge in [0.2, 0.25) is 5.91 Å². The molecule has 0 bridgehead atoms. The number of para-hydroxylation sites is 1. The van der Waals surface area contributed by atoms with Gasteiger partial charge in [-0.2, -0.15) is 0 Å². The molecule has 2 aromatic heterocycles. The minimum Gasteiger partial charge on any atom is -0.343 e. The van der Waals surface area contributed by atoms with Gasteiger partial charge in [-0.1, -0.05) is 36.4 Å². The molecule has 0 aliphatic carbocycles. The standard InChI is InChI=1S/C26H25FN2OS/c27-20-11-9-19(10-12-20)17-29-18-23(21-6-1-2-7-24(21)29)22(25-8-5-15-31-25)16-26(30)28-13-3-4-14-28/h1-2,5-12,15,18,22H,3-4,13-14,16-17H2/t22-/m1/s1. The van der Waals surface area contributed by atoms with E-state index >= 15 is 0 Å². The third-order valence-electron chi connectivity index (χ3n) is 6.19. The molecule has 0 radical (unpaired) electrons. The van der Waals surface area contributed by atoms with Crippen LogP contribution in [0.5, 0.6) is 0 Å². The number of halogens is 1. The molecule has 1 aliphatic heterocycles. The number of likely N-dealkylation sites (tertiary alicyclic amines) is 1. The van der Waals surface area contributed by atoms with Gasteiger partial charge in [-0.3, -0.25) is 4.79 Å². The Morgan fingerprint density at radius 1 is 1.00 bits per heavy atom. The summed E-state index contributed by atoms with van der Waals surface area (Å²) in [5.41, 5.74) is 3.37. The highest BCUT2D eigenvalue weighted by Crippen LogP contribution is 2.37. The Hall–Kier alpha value is -2.92. The van der Waals surface area contributed by atoms with E-state index in [1.165, 1.54) is 28.0 Å². The van der Waals surface area contributed by atoms with Gasteiger partial charge in [0.05, 0.1) is 0 Å². The second-order valence-electron chi connectivity index (χ2n) is 8.22. The highest BCUT2D eigenvalue weighted by atomic mass is 32.1. The maximum atomic E-state index is 13.4. The Balaban J connectivity index is 1.54. The number of amides is 1. The molecule has 2 aromatic carbocycles. The van der Waals surface area contributed by atoms with E-state index in [-0.39, 0.29) is 17.6 Å². The number of hydrogen-bond acceptors (Lipinski definition) is 2. The third kappa shape index (κ3) is 4.15. The summed E-state index contributed by atoms with van der Waals surface area (Å²) in [7, 11) is 0. The SMILES string of the molecule is O=C(C[C@@H](c1cccs1)c1cn(Cc2ccc(F)cc2)c2ccccc12)N1CCCC1. The van der Waals surface area contributed by atoms with Crippen molar-refractivity contribution in [3.8, 4) is 0 Å². The summed E-state index contributed by atoms with van der Waals surface area (Å²) < 4.78 is 15.6. The van der Waals surface area contributed by atoms with Crippen molar-refractivity contribution in [2.24, 2.45) is 0 Å². The van der Waals surface area contributed by atoms with Crippen molar-refractivity contribution >= 4 is 28.1 Å². The lowest BCUT2D eigenvalue weighted by molar-refractivity contribution is -0.130. The van der Waals surface area contributed by atoms with Gasteiger partial charge in [-0.05, 0) is 53.6 Å². The van der Waals surface area contributed by atoms with Crippen LogP contribution in [-0.2, 0) is 11.3 Å². The molecule has 0 saturated carbocycles. The van der Waals surface area contributed by atoms with Crippen molar-refractivity contribution in [1.82, 2.24) is 9.47 Å². The molecular formula is C26H25FN2OS. The summed E-state index contributed by atoms with van der Waals surface area (Å²) in [6, 6.07) is 19.2. The highest BCUT2D eigenvalue weighted by Gasteiger charge is 2.27. The van der Waals surface area contributed by atoms with Crippen molar-refractivity contribution in [3.05, 3.63) is 94.1 Å². The predicted molar refractivity (Wildman–Crippen MR) is 124 cm³/mol. The molecule has 31 heavy (non-hydrogen) atoms. The van der Waals surface area contributed by atoms with Crippen LogP contribution in [0.25, 0.3) is 10.9 Å². The van der Waals surface area contributed by atoms with E-state index < -0.39 is 0 Å². The van der Waals surface area contributed by atoms with Gasteiger partial charge in [-0.25, -0.2) is 4.39 Å². The van der Waals surface area contributed by atoms with Crippen LogP contribution in [-0.4, -0.2) is 28.5 Å².